The SMILES string of the molecule is CC(=O)c1ccccc1NC(=O)/C(C#N)=C\c1cccc(OS(=O)(=O)c2ccc([N+](=O)[O-])cc2)c1. The lowest BCUT2D eigenvalue weighted by Gasteiger charge is -2.09. The number of carbonyl (C=O) groups excluding carboxylic acids is 2. The first-order valence-electron chi connectivity index (χ1n) is 9.93. The number of nitro benzene ring substituents is 1. The number of non-ortho nitro benzene ring substituents is 1. The Kier molecular flexibility index (Phi) is 7.38. The second-order valence-corrected chi connectivity index (χ2v) is 8.63. The van der Waals surface area contributed by atoms with E-state index in [9.17, 15) is 33.4 Å². The van der Waals surface area contributed by atoms with Crippen LogP contribution in [0.5, 0.6) is 5.75 Å². The first kappa shape index (κ1) is 24.8. The molecule has 10 nitrogen and oxygen atoms in total. The molecule has 0 bridgehead atoms. The summed E-state index contributed by atoms with van der Waals surface area (Å²) in [6.45, 7) is 1.35. The van der Waals surface area contributed by atoms with Gasteiger partial charge in [0.15, 0.2) is 5.78 Å². The number of hydrogen-bond acceptors (Lipinski definition) is 8. The third-order valence-electron chi connectivity index (χ3n) is 4.63. The number of hydrogen-bond donors (Lipinski definition) is 1. The predicted octanol–water partition coefficient (Wildman–Crippen LogP) is 4.11. The highest BCUT2D eigenvalue weighted by atomic mass is 32.2. The second kappa shape index (κ2) is 10.4. The predicted molar refractivity (Wildman–Crippen MR) is 126 cm³/mol. The van der Waals surface area contributed by atoms with Crippen LogP contribution in [0.4, 0.5) is 11.4 Å². The van der Waals surface area contributed by atoms with Crippen molar-refractivity contribution in [3.8, 4) is 11.8 Å². The molecule has 0 aliphatic rings. The van der Waals surface area contributed by atoms with Crippen LogP contribution in [0, 0.1) is 21.4 Å². The fraction of sp³-hybridized carbons (Fsp3) is 0.0417. The van der Waals surface area contributed by atoms with Gasteiger partial charge in [0.2, 0.25) is 0 Å². The van der Waals surface area contributed by atoms with Crippen molar-refractivity contribution in [1.82, 2.24) is 0 Å². The summed E-state index contributed by atoms with van der Waals surface area (Å²) in [4.78, 5) is 34.2. The Hall–Kier alpha value is -4.82. The average Bonchev–Trinajstić information content (AvgIpc) is 2.82. The zero-order chi connectivity index (χ0) is 25.6. The van der Waals surface area contributed by atoms with Gasteiger partial charge in [0.25, 0.3) is 11.6 Å². The van der Waals surface area contributed by atoms with Crippen LogP contribution in [0.2, 0.25) is 0 Å². The van der Waals surface area contributed by atoms with Crippen molar-refractivity contribution in [1.29, 1.82) is 5.26 Å². The highest BCUT2D eigenvalue weighted by molar-refractivity contribution is 7.87. The van der Waals surface area contributed by atoms with Crippen LogP contribution in [-0.2, 0) is 14.9 Å². The molecule has 3 rings (SSSR count). The van der Waals surface area contributed by atoms with E-state index in [1.807, 2.05) is 0 Å². The molecule has 35 heavy (non-hydrogen) atoms. The lowest BCUT2D eigenvalue weighted by Crippen LogP contribution is -2.15. The van der Waals surface area contributed by atoms with Gasteiger partial charge in [-0.05, 0) is 55.0 Å². The molecule has 1 amide bonds. The smallest absolute Gasteiger partial charge is 0.339 e. The van der Waals surface area contributed by atoms with Gasteiger partial charge in [-0.15, -0.1) is 0 Å². The van der Waals surface area contributed by atoms with E-state index in [1.165, 1.54) is 43.3 Å². The van der Waals surface area contributed by atoms with Crippen LogP contribution in [0.1, 0.15) is 22.8 Å². The lowest BCUT2D eigenvalue weighted by atomic mass is 10.1. The van der Waals surface area contributed by atoms with E-state index in [-0.39, 0.29) is 38.9 Å². The van der Waals surface area contributed by atoms with E-state index in [4.69, 9.17) is 4.18 Å². The van der Waals surface area contributed by atoms with Crippen molar-refractivity contribution in [3.05, 3.63) is 99.6 Å². The first-order chi connectivity index (χ1) is 16.6. The normalized spacial score (nSPS) is 11.3. The standard InChI is InChI=1S/C24H17N3O7S/c1-16(28)22-7-2-3-8-23(22)26-24(29)18(15-25)13-17-5-4-6-20(14-17)34-35(32,33)21-11-9-19(10-12-21)27(30)31/h2-14H,1H3,(H,26,29)/b18-13-. The lowest BCUT2D eigenvalue weighted by molar-refractivity contribution is -0.384. The summed E-state index contributed by atoms with van der Waals surface area (Å²) in [7, 11) is -4.30. The molecule has 0 atom stereocenters. The summed E-state index contributed by atoms with van der Waals surface area (Å²) in [5.41, 5.74) is 0.262. The average molecular weight is 491 g/mol. The summed E-state index contributed by atoms with van der Waals surface area (Å²) >= 11 is 0. The largest absolute Gasteiger partial charge is 0.379 e. The fourth-order valence-electron chi connectivity index (χ4n) is 2.97. The summed E-state index contributed by atoms with van der Waals surface area (Å²) in [5.74, 6) is -1.12. The Morgan fingerprint density at radius 1 is 1.06 bits per heavy atom. The third-order valence-corrected chi connectivity index (χ3v) is 5.89. The van der Waals surface area contributed by atoms with Gasteiger partial charge in [0, 0.05) is 17.7 Å². The van der Waals surface area contributed by atoms with E-state index in [0.29, 0.717) is 5.56 Å². The van der Waals surface area contributed by atoms with Gasteiger partial charge in [0.1, 0.15) is 22.3 Å². The molecule has 0 spiro atoms. The van der Waals surface area contributed by atoms with E-state index in [0.717, 1.165) is 24.3 Å². The third kappa shape index (κ3) is 6.16. The molecule has 11 heteroatoms. The summed E-state index contributed by atoms with van der Waals surface area (Å²) in [6, 6.07) is 17.9. The van der Waals surface area contributed by atoms with Gasteiger partial charge in [0.05, 0.1) is 10.6 Å². The molecule has 0 radical (unpaired) electrons. The number of carbonyl (C=O) groups is 2. The van der Waals surface area contributed by atoms with Crippen LogP contribution in [0.3, 0.4) is 0 Å². The van der Waals surface area contributed by atoms with Crippen molar-refractivity contribution in [2.75, 3.05) is 5.32 Å². The number of para-hydroxylation sites is 1. The maximum atomic E-state index is 12.6. The molecule has 0 heterocycles. The van der Waals surface area contributed by atoms with Crippen LogP contribution < -0.4 is 9.50 Å². The van der Waals surface area contributed by atoms with Gasteiger partial charge in [-0.3, -0.25) is 19.7 Å². The molecule has 0 unspecified atom stereocenters. The van der Waals surface area contributed by atoms with Crippen molar-refractivity contribution >= 4 is 39.3 Å². The number of Topliss-reactive ketones (excluding diaryl/α,β-unsaturated/α-hetero) is 1. The molecule has 0 saturated carbocycles. The Morgan fingerprint density at radius 3 is 2.37 bits per heavy atom. The van der Waals surface area contributed by atoms with Crippen molar-refractivity contribution in [2.24, 2.45) is 0 Å². The number of benzene rings is 3. The maximum Gasteiger partial charge on any atom is 0.339 e. The summed E-state index contributed by atoms with van der Waals surface area (Å²) in [5, 5.41) is 22.7. The van der Waals surface area contributed by atoms with Gasteiger partial charge in [-0.25, -0.2) is 0 Å². The quantitative estimate of drug-likeness (QED) is 0.123. The summed E-state index contributed by atoms with van der Waals surface area (Å²) < 4.78 is 30.1. The van der Waals surface area contributed by atoms with Gasteiger partial charge < -0.3 is 9.50 Å². The molecule has 0 aromatic heterocycles. The molecule has 0 aliphatic carbocycles. The summed E-state index contributed by atoms with van der Waals surface area (Å²) in [6.07, 6.45) is 1.23. The van der Waals surface area contributed by atoms with E-state index >= 15 is 0 Å². The first-order valence-corrected chi connectivity index (χ1v) is 11.3. The zero-order valence-corrected chi connectivity index (χ0v) is 19.0. The fourth-order valence-corrected chi connectivity index (χ4v) is 3.89. The van der Waals surface area contributed by atoms with Crippen LogP contribution >= 0.6 is 0 Å². The number of nitriles is 1. The second-order valence-electron chi connectivity index (χ2n) is 7.09. The number of ketones is 1. The number of nitrogens with one attached hydrogen (secondary N) is 1. The van der Waals surface area contributed by atoms with Crippen molar-refractivity contribution in [3.63, 3.8) is 0 Å². The molecule has 0 fully saturated rings. The van der Waals surface area contributed by atoms with Gasteiger partial charge in [-0.1, -0.05) is 24.3 Å². The number of amides is 1. The molecule has 1 N–H and O–H groups in total. The monoisotopic (exact) mass is 491 g/mol. The molecular formula is C24H17N3O7S. The van der Waals surface area contributed by atoms with E-state index < -0.39 is 20.9 Å². The highest BCUT2D eigenvalue weighted by Crippen LogP contribution is 2.23. The number of nitro groups is 1. The number of rotatable bonds is 8. The van der Waals surface area contributed by atoms with Crippen molar-refractivity contribution in [2.45, 2.75) is 11.8 Å². The van der Waals surface area contributed by atoms with Gasteiger partial charge in [-0.2, -0.15) is 13.7 Å². The molecular weight excluding hydrogens is 474 g/mol. The minimum Gasteiger partial charge on any atom is -0.379 e. The van der Waals surface area contributed by atoms with Crippen LogP contribution in [0.15, 0.2) is 83.3 Å². The van der Waals surface area contributed by atoms with E-state index in [1.54, 1.807) is 24.3 Å². The molecule has 3 aromatic rings. The Morgan fingerprint density at radius 2 is 1.74 bits per heavy atom. The van der Waals surface area contributed by atoms with Crippen molar-refractivity contribution < 1.29 is 27.1 Å². The topological polar surface area (TPSA) is 156 Å². The highest BCUT2D eigenvalue weighted by Gasteiger charge is 2.19. The minimum atomic E-state index is -4.30. The Bertz CT molecular complexity index is 1490. The van der Waals surface area contributed by atoms with Crippen LogP contribution in [-0.4, -0.2) is 25.0 Å². The minimum absolute atomic E-state index is 0.100. The number of anilines is 1. The molecule has 0 aliphatic heterocycles. The maximum absolute atomic E-state index is 12.6. The molecule has 3 aromatic carbocycles. The molecule has 176 valence electrons. The van der Waals surface area contributed by atoms with E-state index in [2.05, 4.69) is 5.32 Å². The van der Waals surface area contributed by atoms with Crippen LogP contribution in [0.25, 0.3) is 6.08 Å². The number of nitrogens with zero attached hydrogens (tertiary/aromatic N) is 2. The Labute approximate surface area is 200 Å². The van der Waals surface area contributed by atoms with Gasteiger partial charge >= 0.3 is 10.1 Å². The zero-order valence-electron chi connectivity index (χ0n) is 18.2. The molecule has 0 saturated heterocycles. The Balaban J connectivity index is 1.82.